The van der Waals surface area contributed by atoms with Crippen molar-refractivity contribution in [1.82, 2.24) is 24.1 Å². The van der Waals surface area contributed by atoms with E-state index in [2.05, 4.69) is 28.2 Å². The van der Waals surface area contributed by atoms with Crippen LogP contribution in [0.2, 0.25) is 0 Å². The molecule has 0 saturated heterocycles. The van der Waals surface area contributed by atoms with Gasteiger partial charge in [-0.3, -0.25) is 9.20 Å². The van der Waals surface area contributed by atoms with Crippen molar-refractivity contribution in [3.05, 3.63) is 68.8 Å². The van der Waals surface area contributed by atoms with Gasteiger partial charge in [0, 0.05) is 30.4 Å². The highest BCUT2D eigenvalue weighted by Crippen LogP contribution is 2.23. The Bertz CT molecular complexity index is 1190. The van der Waals surface area contributed by atoms with E-state index in [4.69, 9.17) is 4.74 Å². The van der Waals surface area contributed by atoms with Gasteiger partial charge < -0.3 is 9.30 Å². The molecule has 4 aromatic rings. The second kappa shape index (κ2) is 7.76. The molecule has 0 atom stereocenters. The van der Waals surface area contributed by atoms with Gasteiger partial charge in [0.1, 0.15) is 12.4 Å². The van der Waals surface area contributed by atoms with E-state index in [1.165, 1.54) is 28.7 Å². The average molecular weight is 414 g/mol. The van der Waals surface area contributed by atoms with Crippen LogP contribution in [0.15, 0.2) is 45.8 Å². The van der Waals surface area contributed by atoms with E-state index in [1.807, 2.05) is 36.1 Å². The summed E-state index contributed by atoms with van der Waals surface area (Å²) in [6.45, 7) is 4.43. The van der Waals surface area contributed by atoms with E-state index in [9.17, 15) is 4.79 Å². The van der Waals surface area contributed by atoms with Gasteiger partial charge in [0.15, 0.2) is 15.9 Å². The van der Waals surface area contributed by atoms with Crippen LogP contribution < -0.4 is 10.3 Å². The Morgan fingerprint density at radius 2 is 2.07 bits per heavy atom. The van der Waals surface area contributed by atoms with Gasteiger partial charge in [0.2, 0.25) is 0 Å². The van der Waals surface area contributed by atoms with Crippen molar-refractivity contribution in [3.63, 3.8) is 0 Å². The van der Waals surface area contributed by atoms with E-state index in [0.29, 0.717) is 17.3 Å². The first-order chi connectivity index (χ1) is 13.5. The number of fused-ring (bicyclic) bond motifs is 1. The van der Waals surface area contributed by atoms with E-state index in [0.717, 1.165) is 28.0 Å². The molecule has 0 saturated carbocycles. The fourth-order valence-electron chi connectivity index (χ4n) is 2.80. The van der Waals surface area contributed by atoms with Crippen LogP contribution in [0.5, 0.6) is 5.75 Å². The summed E-state index contributed by atoms with van der Waals surface area (Å²) in [6, 6.07) is 7.66. The predicted molar refractivity (Wildman–Crippen MR) is 110 cm³/mol. The summed E-state index contributed by atoms with van der Waals surface area (Å²) >= 11 is 2.94. The summed E-state index contributed by atoms with van der Waals surface area (Å²) in [4.78, 5) is 17.3. The molecular weight excluding hydrogens is 394 g/mol. The molecule has 0 aliphatic carbocycles. The molecule has 0 amide bonds. The molecule has 144 valence electrons. The van der Waals surface area contributed by atoms with Crippen LogP contribution in [-0.2, 0) is 19.4 Å². The lowest BCUT2D eigenvalue weighted by molar-refractivity contribution is 0.288. The minimum Gasteiger partial charge on any atom is -0.485 e. The van der Waals surface area contributed by atoms with Crippen molar-refractivity contribution in [3.8, 4) is 5.75 Å². The Morgan fingerprint density at radius 1 is 1.21 bits per heavy atom. The zero-order chi connectivity index (χ0) is 19.7. The summed E-state index contributed by atoms with van der Waals surface area (Å²) in [7, 11) is 1.91. The number of aryl methyl sites for hydroxylation is 2. The van der Waals surface area contributed by atoms with Gasteiger partial charge in [-0.15, -0.1) is 21.5 Å². The number of rotatable bonds is 6. The average Bonchev–Trinajstić information content (AvgIpc) is 3.27. The number of benzene rings is 1. The van der Waals surface area contributed by atoms with Crippen molar-refractivity contribution in [2.75, 3.05) is 0 Å². The first kappa shape index (κ1) is 18.7. The number of aromatic nitrogens is 5. The maximum absolute atomic E-state index is 12.1. The molecule has 0 aliphatic rings. The van der Waals surface area contributed by atoms with Gasteiger partial charge in [0.25, 0.3) is 5.56 Å². The monoisotopic (exact) mass is 413 g/mol. The predicted octanol–water partition coefficient (Wildman–Crippen LogP) is 3.37. The normalized spacial score (nSPS) is 11.2. The number of hydrogen-bond donors (Lipinski definition) is 0. The number of nitrogens with zero attached hydrogens (tertiary/aromatic N) is 5. The lowest BCUT2D eigenvalue weighted by Crippen LogP contribution is -2.12. The van der Waals surface area contributed by atoms with Gasteiger partial charge in [-0.2, -0.15) is 0 Å². The summed E-state index contributed by atoms with van der Waals surface area (Å²) in [5, 5.41) is 11.1. The molecule has 28 heavy (non-hydrogen) atoms. The van der Waals surface area contributed by atoms with Crippen LogP contribution in [0.25, 0.3) is 4.96 Å². The molecule has 9 heteroatoms. The number of hydrogen-bond acceptors (Lipinski definition) is 7. The molecule has 0 radical (unpaired) electrons. The summed E-state index contributed by atoms with van der Waals surface area (Å²) in [5.74, 6) is 2.13. The van der Waals surface area contributed by atoms with Gasteiger partial charge in [0.05, 0.1) is 5.69 Å². The largest absolute Gasteiger partial charge is 0.485 e. The Kier molecular flexibility index (Phi) is 5.19. The minimum atomic E-state index is -0.0672. The van der Waals surface area contributed by atoms with E-state index >= 15 is 0 Å². The second-order valence-corrected chi connectivity index (χ2v) is 8.26. The van der Waals surface area contributed by atoms with Crippen molar-refractivity contribution in [1.29, 1.82) is 0 Å². The van der Waals surface area contributed by atoms with Crippen molar-refractivity contribution in [2.45, 2.75) is 31.4 Å². The Hall–Kier alpha value is -2.65. The number of thiazole rings is 1. The molecular formula is C19H19N5O2S2. The Labute approximate surface area is 170 Å². The van der Waals surface area contributed by atoms with Crippen LogP contribution in [-0.4, -0.2) is 24.1 Å². The summed E-state index contributed by atoms with van der Waals surface area (Å²) < 4.78 is 9.35. The lowest BCUT2D eigenvalue weighted by Gasteiger charge is -2.09. The van der Waals surface area contributed by atoms with Crippen LogP contribution in [0.1, 0.15) is 22.6 Å². The zero-order valence-corrected chi connectivity index (χ0v) is 17.4. The highest BCUT2D eigenvalue weighted by molar-refractivity contribution is 7.98. The fraction of sp³-hybridized carbons (Fsp3) is 0.263. The SMILES string of the molecule is Cc1ccc(OCc2nnc(SCc3cc(=O)n4ccsc4n3)n2C)c(C)c1. The van der Waals surface area contributed by atoms with Crippen molar-refractivity contribution in [2.24, 2.45) is 7.05 Å². The standard InChI is InChI=1S/C19H19N5O2S2/c1-12-4-5-15(13(2)8-12)26-10-16-21-22-19(23(16)3)28-11-14-9-17(25)24-6-7-27-18(24)20-14/h4-9H,10-11H2,1-3H3. The lowest BCUT2D eigenvalue weighted by atomic mass is 10.1. The highest BCUT2D eigenvalue weighted by atomic mass is 32.2. The van der Waals surface area contributed by atoms with Crippen LogP contribution in [0.3, 0.4) is 0 Å². The second-order valence-electron chi connectivity index (χ2n) is 6.45. The zero-order valence-electron chi connectivity index (χ0n) is 15.7. The molecule has 0 N–H and O–H groups in total. The third-order valence-electron chi connectivity index (χ3n) is 4.32. The van der Waals surface area contributed by atoms with E-state index < -0.39 is 0 Å². The van der Waals surface area contributed by atoms with Gasteiger partial charge in [-0.05, 0) is 25.5 Å². The molecule has 7 nitrogen and oxygen atoms in total. The third kappa shape index (κ3) is 3.81. The molecule has 3 heterocycles. The number of ether oxygens (including phenoxy) is 1. The topological polar surface area (TPSA) is 74.3 Å². The summed E-state index contributed by atoms with van der Waals surface area (Å²) in [5.41, 5.74) is 2.96. The summed E-state index contributed by atoms with van der Waals surface area (Å²) in [6.07, 6.45) is 1.73. The van der Waals surface area contributed by atoms with Crippen LogP contribution in [0.4, 0.5) is 0 Å². The first-order valence-corrected chi connectivity index (χ1v) is 10.5. The van der Waals surface area contributed by atoms with Gasteiger partial charge >= 0.3 is 0 Å². The molecule has 0 spiro atoms. The highest BCUT2D eigenvalue weighted by Gasteiger charge is 2.12. The molecule has 0 unspecified atom stereocenters. The molecule has 0 fully saturated rings. The quantitative estimate of drug-likeness (QED) is 0.451. The third-order valence-corrected chi connectivity index (χ3v) is 6.13. The molecule has 3 aromatic heterocycles. The number of thioether (sulfide) groups is 1. The van der Waals surface area contributed by atoms with E-state index in [1.54, 1.807) is 16.7 Å². The Morgan fingerprint density at radius 3 is 2.89 bits per heavy atom. The van der Waals surface area contributed by atoms with Crippen molar-refractivity contribution >= 4 is 28.1 Å². The maximum Gasteiger partial charge on any atom is 0.258 e. The smallest absolute Gasteiger partial charge is 0.258 e. The maximum atomic E-state index is 12.1. The Balaban J connectivity index is 1.43. The minimum absolute atomic E-state index is 0.0672. The van der Waals surface area contributed by atoms with Gasteiger partial charge in [-0.1, -0.05) is 29.5 Å². The molecule has 0 bridgehead atoms. The molecule has 4 rings (SSSR count). The van der Waals surface area contributed by atoms with Crippen molar-refractivity contribution < 1.29 is 4.74 Å². The van der Waals surface area contributed by atoms with Gasteiger partial charge in [-0.25, -0.2) is 4.98 Å². The molecule has 1 aromatic carbocycles. The fourth-order valence-corrected chi connectivity index (χ4v) is 4.36. The van der Waals surface area contributed by atoms with Crippen LogP contribution in [0, 0.1) is 13.8 Å². The van der Waals surface area contributed by atoms with Crippen LogP contribution >= 0.6 is 23.1 Å². The first-order valence-electron chi connectivity index (χ1n) is 8.68. The van der Waals surface area contributed by atoms with E-state index in [-0.39, 0.29) is 5.56 Å². The molecule has 0 aliphatic heterocycles.